The van der Waals surface area contributed by atoms with Gasteiger partial charge in [0.25, 0.3) is 0 Å². The molecule has 0 spiro atoms. The third kappa shape index (κ3) is 3.78. The van der Waals surface area contributed by atoms with Crippen LogP contribution in [-0.4, -0.2) is 11.5 Å². The van der Waals surface area contributed by atoms with Crippen molar-refractivity contribution < 1.29 is 0 Å². The molecular weight excluding hydrogens is 228 g/mol. The maximum absolute atomic E-state index is 4.56. The Kier molecular flexibility index (Phi) is 6.14. The van der Waals surface area contributed by atoms with E-state index in [-0.39, 0.29) is 5.54 Å². The molecule has 1 heterocycles. The van der Waals surface area contributed by atoms with Gasteiger partial charge < -0.3 is 5.32 Å². The molecule has 0 fully saturated rings. The Morgan fingerprint density at radius 1 is 1.41 bits per heavy atom. The lowest BCUT2D eigenvalue weighted by atomic mass is 9.85. The molecule has 0 bridgehead atoms. The molecule has 2 atom stereocenters. The van der Waals surface area contributed by atoms with Gasteiger partial charge in [-0.1, -0.05) is 34.1 Å². The topological polar surface area (TPSA) is 24.9 Å². The first-order chi connectivity index (χ1) is 8.18. The zero-order chi connectivity index (χ0) is 12.7. The molecule has 1 aromatic heterocycles. The van der Waals surface area contributed by atoms with Gasteiger partial charge in [0.05, 0.1) is 5.54 Å². The fourth-order valence-corrected chi connectivity index (χ4v) is 3.12. The first kappa shape index (κ1) is 14.7. The summed E-state index contributed by atoms with van der Waals surface area (Å²) in [5.41, 5.74) is 0.0968. The summed E-state index contributed by atoms with van der Waals surface area (Å²) in [5, 5.41) is 7.09. The van der Waals surface area contributed by atoms with Gasteiger partial charge in [0.1, 0.15) is 5.01 Å². The summed E-state index contributed by atoms with van der Waals surface area (Å²) in [6.07, 6.45) is 6.64. The Morgan fingerprint density at radius 3 is 2.65 bits per heavy atom. The Hall–Kier alpha value is -0.410. The zero-order valence-electron chi connectivity index (χ0n) is 11.6. The van der Waals surface area contributed by atoms with Crippen LogP contribution in [0.3, 0.4) is 0 Å². The van der Waals surface area contributed by atoms with Crippen LogP contribution in [-0.2, 0) is 5.54 Å². The summed E-state index contributed by atoms with van der Waals surface area (Å²) in [7, 11) is 0. The van der Waals surface area contributed by atoms with Crippen molar-refractivity contribution in [2.45, 2.75) is 58.9 Å². The Balaban J connectivity index is 2.88. The van der Waals surface area contributed by atoms with Crippen LogP contribution >= 0.6 is 11.3 Å². The normalized spacial score (nSPS) is 16.7. The zero-order valence-corrected chi connectivity index (χ0v) is 12.4. The molecule has 3 heteroatoms. The molecule has 0 radical (unpaired) electrons. The van der Waals surface area contributed by atoms with Crippen LogP contribution in [0.4, 0.5) is 0 Å². The molecule has 0 saturated carbocycles. The molecule has 1 rings (SSSR count). The number of rotatable bonds is 8. The van der Waals surface area contributed by atoms with Crippen LogP contribution in [0.2, 0.25) is 0 Å². The molecule has 1 N–H and O–H groups in total. The van der Waals surface area contributed by atoms with Crippen molar-refractivity contribution in [1.29, 1.82) is 0 Å². The van der Waals surface area contributed by atoms with Gasteiger partial charge in [-0.25, -0.2) is 4.98 Å². The SMILES string of the molecule is CCCNC(CC)(CC(C)CC)c1nccs1. The predicted octanol–water partition coefficient (Wildman–Crippen LogP) is 4.18. The number of hydrogen-bond acceptors (Lipinski definition) is 3. The summed E-state index contributed by atoms with van der Waals surface area (Å²) in [4.78, 5) is 4.56. The molecule has 0 aliphatic carbocycles. The second kappa shape index (κ2) is 7.12. The van der Waals surface area contributed by atoms with Gasteiger partial charge in [-0.15, -0.1) is 11.3 Å². The molecular formula is C14H26N2S. The molecule has 1 aromatic rings. The molecule has 0 aliphatic rings. The van der Waals surface area contributed by atoms with E-state index >= 15 is 0 Å². The Labute approximate surface area is 110 Å². The summed E-state index contributed by atoms with van der Waals surface area (Å²) in [6.45, 7) is 10.2. The van der Waals surface area contributed by atoms with Gasteiger partial charge in [0.15, 0.2) is 0 Å². The molecule has 0 aromatic carbocycles. The van der Waals surface area contributed by atoms with Gasteiger partial charge in [0.2, 0.25) is 0 Å². The minimum atomic E-state index is 0.0968. The average Bonchev–Trinajstić information content (AvgIpc) is 2.88. The highest BCUT2D eigenvalue weighted by atomic mass is 32.1. The Bertz CT molecular complexity index is 297. The first-order valence-corrected chi connectivity index (χ1v) is 7.71. The molecule has 2 nitrogen and oxygen atoms in total. The van der Waals surface area contributed by atoms with E-state index in [4.69, 9.17) is 0 Å². The molecule has 2 unspecified atom stereocenters. The van der Waals surface area contributed by atoms with Gasteiger partial charge in [0, 0.05) is 11.6 Å². The third-order valence-electron chi connectivity index (χ3n) is 3.55. The molecule has 0 aliphatic heterocycles. The highest BCUT2D eigenvalue weighted by Crippen LogP contribution is 2.34. The van der Waals surface area contributed by atoms with E-state index in [1.165, 1.54) is 24.3 Å². The van der Waals surface area contributed by atoms with Crippen LogP contribution in [0.15, 0.2) is 11.6 Å². The molecule has 0 saturated heterocycles. The maximum atomic E-state index is 4.56. The van der Waals surface area contributed by atoms with Crippen LogP contribution in [0.1, 0.15) is 58.4 Å². The second-order valence-corrected chi connectivity index (χ2v) is 5.81. The number of aromatic nitrogens is 1. The van der Waals surface area contributed by atoms with E-state index in [1.807, 2.05) is 6.20 Å². The highest BCUT2D eigenvalue weighted by molar-refractivity contribution is 7.09. The number of hydrogen-bond donors (Lipinski definition) is 1. The Morgan fingerprint density at radius 2 is 2.18 bits per heavy atom. The number of nitrogens with one attached hydrogen (secondary N) is 1. The van der Waals surface area contributed by atoms with Gasteiger partial charge in [-0.3, -0.25) is 0 Å². The van der Waals surface area contributed by atoms with Crippen molar-refractivity contribution in [2.75, 3.05) is 6.54 Å². The minimum absolute atomic E-state index is 0.0968. The predicted molar refractivity (Wildman–Crippen MR) is 76.4 cm³/mol. The fraction of sp³-hybridized carbons (Fsp3) is 0.786. The molecule has 0 amide bonds. The number of nitrogens with zero attached hydrogens (tertiary/aromatic N) is 1. The van der Waals surface area contributed by atoms with Crippen molar-refractivity contribution >= 4 is 11.3 Å². The van der Waals surface area contributed by atoms with Gasteiger partial charge in [-0.2, -0.15) is 0 Å². The fourth-order valence-electron chi connectivity index (χ4n) is 2.22. The standard InChI is InChI=1S/C14H26N2S/c1-5-8-16-14(7-3,11-12(4)6-2)13-15-9-10-17-13/h9-10,12,16H,5-8,11H2,1-4H3. The van der Waals surface area contributed by atoms with E-state index in [0.29, 0.717) is 0 Å². The third-order valence-corrected chi connectivity index (χ3v) is 4.53. The minimum Gasteiger partial charge on any atom is -0.305 e. The summed E-state index contributed by atoms with van der Waals surface area (Å²) >= 11 is 1.78. The van der Waals surface area contributed by atoms with Crippen molar-refractivity contribution in [3.05, 3.63) is 16.6 Å². The van der Waals surface area contributed by atoms with Crippen molar-refractivity contribution in [3.63, 3.8) is 0 Å². The van der Waals surface area contributed by atoms with Crippen LogP contribution in [0, 0.1) is 5.92 Å². The van der Waals surface area contributed by atoms with E-state index < -0.39 is 0 Å². The first-order valence-electron chi connectivity index (χ1n) is 6.83. The lowest BCUT2D eigenvalue weighted by molar-refractivity contribution is 0.250. The lowest BCUT2D eigenvalue weighted by Crippen LogP contribution is -2.43. The number of thiazole rings is 1. The van der Waals surface area contributed by atoms with Crippen LogP contribution in [0.5, 0.6) is 0 Å². The van der Waals surface area contributed by atoms with Crippen LogP contribution < -0.4 is 5.32 Å². The monoisotopic (exact) mass is 254 g/mol. The van der Waals surface area contributed by atoms with E-state index in [0.717, 1.165) is 18.9 Å². The quantitative estimate of drug-likeness (QED) is 0.752. The van der Waals surface area contributed by atoms with E-state index in [2.05, 4.69) is 43.4 Å². The van der Waals surface area contributed by atoms with E-state index in [1.54, 1.807) is 11.3 Å². The van der Waals surface area contributed by atoms with Crippen molar-refractivity contribution in [3.8, 4) is 0 Å². The molecule has 17 heavy (non-hydrogen) atoms. The smallest absolute Gasteiger partial charge is 0.113 e. The summed E-state index contributed by atoms with van der Waals surface area (Å²) in [5.74, 6) is 0.739. The van der Waals surface area contributed by atoms with Gasteiger partial charge >= 0.3 is 0 Å². The molecule has 98 valence electrons. The summed E-state index contributed by atoms with van der Waals surface area (Å²) in [6, 6.07) is 0. The summed E-state index contributed by atoms with van der Waals surface area (Å²) < 4.78 is 0. The lowest BCUT2D eigenvalue weighted by Gasteiger charge is -2.34. The average molecular weight is 254 g/mol. The largest absolute Gasteiger partial charge is 0.305 e. The highest BCUT2D eigenvalue weighted by Gasteiger charge is 2.33. The second-order valence-electron chi connectivity index (χ2n) is 4.92. The van der Waals surface area contributed by atoms with Crippen LogP contribution in [0.25, 0.3) is 0 Å². The van der Waals surface area contributed by atoms with E-state index in [9.17, 15) is 0 Å². The van der Waals surface area contributed by atoms with Gasteiger partial charge in [-0.05, 0) is 31.7 Å². The van der Waals surface area contributed by atoms with Crippen molar-refractivity contribution in [2.24, 2.45) is 5.92 Å². The maximum Gasteiger partial charge on any atom is 0.113 e. The van der Waals surface area contributed by atoms with Crippen molar-refractivity contribution in [1.82, 2.24) is 10.3 Å².